The molecule has 62 valence electrons. The summed E-state index contributed by atoms with van der Waals surface area (Å²) in [7, 11) is 0. The van der Waals surface area contributed by atoms with Gasteiger partial charge in [-0.2, -0.15) is 0 Å². The van der Waals surface area contributed by atoms with E-state index < -0.39 is 0 Å². The Kier molecular flexibility index (Phi) is 4.91. The van der Waals surface area contributed by atoms with E-state index in [1.807, 2.05) is 0 Å². The Labute approximate surface area is 78.9 Å². The number of hydrogen-bond acceptors (Lipinski definition) is 0. The van der Waals surface area contributed by atoms with E-state index in [0.29, 0.717) is 3.42 Å². The molecule has 0 saturated carbocycles. The van der Waals surface area contributed by atoms with Crippen LogP contribution in [0.25, 0.3) is 0 Å². The first-order valence-corrected chi connectivity index (χ1v) is 5.37. The summed E-state index contributed by atoms with van der Waals surface area (Å²) < 4.78 is 0.562. The van der Waals surface area contributed by atoms with Gasteiger partial charge in [0.1, 0.15) is 0 Å². The molecule has 0 radical (unpaired) electrons. The molecular formula is C9H19I. The molecule has 0 aliphatic carbocycles. The lowest BCUT2D eigenvalue weighted by atomic mass is 9.87. The number of halogens is 1. The molecule has 0 aromatic heterocycles. The molecule has 0 bridgehead atoms. The van der Waals surface area contributed by atoms with E-state index in [1.54, 1.807) is 0 Å². The molecule has 10 heavy (non-hydrogen) atoms. The van der Waals surface area contributed by atoms with Crippen LogP contribution in [0.3, 0.4) is 0 Å². The van der Waals surface area contributed by atoms with Gasteiger partial charge < -0.3 is 0 Å². The molecule has 1 atom stereocenters. The van der Waals surface area contributed by atoms with Gasteiger partial charge in [-0.15, -0.1) is 0 Å². The summed E-state index contributed by atoms with van der Waals surface area (Å²) >= 11 is 2.63. The van der Waals surface area contributed by atoms with Gasteiger partial charge in [-0.25, -0.2) is 0 Å². The normalized spacial score (nSPS) is 15.3. The Morgan fingerprint density at radius 2 is 1.60 bits per heavy atom. The molecule has 1 heteroatoms. The largest absolute Gasteiger partial charge is 0.0786 e. The SMILES string of the molecule is CCC(C)C(I)(CC)CC. The van der Waals surface area contributed by atoms with Crippen LogP contribution in [0, 0.1) is 5.92 Å². The molecule has 0 spiro atoms. The highest BCUT2D eigenvalue weighted by Gasteiger charge is 2.27. The van der Waals surface area contributed by atoms with E-state index in [9.17, 15) is 0 Å². The van der Waals surface area contributed by atoms with E-state index in [0.717, 1.165) is 5.92 Å². The van der Waals surface area contributed by atoms with Crippen LogP contribution in [0.5, 0.6) is 0 Å². The molecule has 0 aliphatic rings. The third kappa shape index (κ3) is 2.40. The van der Waals surface area contributed by atoms with E-state index in [1.165, 1.54) is 19.3 Å². The van der Waals surface area contributed by atoms with Crippen molar-refractivity contribution in [2.45, 2.75) is 50.4 Å². The van der Waals surface area contributed by atoms with Crippen LogP contribution in [0.4, 0.5) is 0 Å². The smallest absolute Gasteiger partial charge is 0.0242 e. The summed E-state index contributed by atoms with van der Waals surface area (Å²) in [5.74, 6) is 0.864. The third-order valence-corrected chi connectivity index (χ3v) is 5.26. The number of hydrogen-bond donors (Lipinski definition) is 0. The minimum atomic E-state index is 0.562. The zero-order valence-electron chi connectivity index (χ0n) is 7.58. The first-order valence-electron chi connectivity index (χ1n) is 4.29. The maximum Gasteiger partial charge on any atom is 0.0242 e. The molecule has 0 heterocycles. The zero-order valence-corrected chi connectivity index (χ0v) is 9.73. The monoisotopic (exact) mass is 254 g/mol. The molecule has 0 amide bonds. The van der Waals surface area contributed by atoms with Crippen molar-refractivity contribution in [2.24, 2.45) is 5.92 Å². The predicted molar refractivity (Wildman–Crippen MR) is 56.8 cm³/mol. The van der Waals surface area contributed by atoms with Crippen LogP contribution in [0.15, 0.2) is 0 Å². The first-order chi connectivity index (χ1) is 4.60. The average molecular weight is 254 g/mol. The second kappa shape index (κ2) is 4.58. The van der Waals surface area contributed by atoms with Crippen molar-refractivity contribution in [1.82, 2.24) is 0 Å². The highest BCUT2D eigenvalue weighted by Crippen LogP contribution is 2.36. The minimum Gasteiger partial charge on any atom is -0.0786 e. The average Bonchev–Trinajstić information content (AvgIpc) is 2.01. The Bertz CT molecular complexity index is 84.7. The molecule has 1 unspecified atom stereocenters. The zero-order chi connectivity index (χ0) is 8.20. The number of alkyl halides is 1. The Morgan fingerprint density at radius 3 is 1.70 bits per heavy atom. The van der Waals surface area contributed by atoms with Crippen molar-refractivity contribution >= 4 is 22.6 Å². The second-order valence-corrected chi connectivity index (χ2v) is 5.20. The fourth-order valence-electron chi connectivity index (χ4n) is 1.31. The summed E-state index contributed by atoms with van der Waals surface area (Å²) in [5, 5.41) is 0. The van der Waals surface area contributed by atoms with Crippen molar-refractivity contribution in [3.63, 3.8) is 0 Å². The molecule has 0 fully saturated rings. The van der Waals surface area contributed by atoms with Crippen LogP contribution >= 0.6 is 22.6 Å². The molecule has 0 saturated heterocycles. The van der Waals surface area contributed by atoms with Crippen LogP contribution in [-0.2, 0) is 0 Å². The topological polar surface area (TPSA) is 0 Å². The van der Waals surface area contributed by atoms with Gasteiger partial charge in [0.15, 0.2) is 0 Å². The maximum atomic E-state index is 2.63. The van der Waals surface area contributed by atoms with Crippen LogP contribution < -0.4 is 0 Å². The van der Waals surface area contributed by atoms with Crippen molar-refractivity contribution < 1.29 is 0 Å². The highest BCUT2D eigenvalue weighted by molar-refractivity contribution is 14.1. The van der Waals surface area contributed by atoms with Crippen LogP contribution in [-0.4, -0.2) is 3.42 Å². The molecular weight excluding hydrogens is 235 g/mol. The molecule has 0 aromatic rings. The van der Waals surface area contributed by atoms with Gasteiger partial charge >= 0.3 is 0 Å². The van der Waals surface area contributed by atoms with Gasteiger partial charge in [-0.3, -0.25) is 0 Å². The Hall–Kier alpha value is 0.730. The summed E-state index contributed by atoms with van der Waals surface area (Å²) in [5.41, 5.74) is 0. The van der Waals surface area contributed by atoms with E-state index in [-0.39, 0.29) is 0 Å². The Morgan fingerprint density at radius 1 is 1.20 bits per heavy atom. The van der Waals surface area contributed by atoms with Crippen molar-refractivity contribution in [2.75, 3.05) is 0 Å². The molecule has 0 aromatic carbocycles. The lowest BCUT2D eigenvalue weighted by molar-refractivity contribution is 0.393. The Balaban J connectivity index is 4.02. The first kappa shape index (κ1) is 10.7. The van der Waals surface area contributed by atoms with Gasteiger partial charge in [0.2, 0.25) is 0 Å². The predicted octanol–water partition coefficient (Wildman–Crippen LogP) is 4.03. The minimum absolute atomic E-state index is 0.562. The third-order valence-electron chi connectivity index (χ3n) is 2.67. The van der Waals surface area contributed by atoms with Gasteiger partial charge in [0.25, 0.3) is 0 Å². The van der Waals surface area contributed by atoms with E-state index in [4.69, 9.17) is 0 Å². The summed E-state index contributed by atoms with van der Waals surface area (Å²) in [6.45, 7) is 9.23. The fraction of sp³-hybridized carbons (Fsp3) is 1.00. The summed E-state index contributed by atoms with van der Waals surface area (Å²) in [6.07, 6.45) is 3.92. The molecule has 0 nitrogen and oxygen atoms in total. The van der Waals surface area contributed by atoms with Crippen molar-refractivity contribution in [3.8, 4) is 0 Å². The van der Waals surface area contributed by atoms with Gasteiger partial charge in [-0.05, 0) is 18.8 Å². The van der Waals surface area contributed by atoms with E-state index in [2.05, 4.69) is 50.3 Å². The van der Waals surface area contributed by atoms with Crippen LogP contribution in [0.2, 0.25) is 0 Å². The number of rotatable bonds is 4. The van der Waals surface area contributed by atoms with E-state index >= 15 is 0 Å². The van der Waals surface area contributed by atoms with Gasteiger partial charge in [-0.1, -0.05) is 56.7 Å². The second-order valence-electron chi connectivity index (χ2n) is 3.05. The maximum absolute atomic E-state index is 2.63. The fourth-order valence-corrected chi connectivity index (χ4v) is 1.75. The van der Waals surface area contributed by atoms with Crippen LogP contribution in [0.1, 0.15) is 47.0 Å². The molecule has 0 aliphatic heterocycles. The van der Waals surface area contributed by atoms with Gasteiger partial charge in [0.05, 0.1) is 0 Å². The molecule has 0 N–H and O–H groups in total. The molecule has 0 rings (SSSR count). The standard InChI is InChI=1S/C9H19I/c1-5-8(4)9(10,6-2)7-3/h8H,5-7H2,1-4H3. The van der Waals surface area contributed by atoms with Crippen molar-refractivity contribution in [3.05, 3.63) is 0 Å². The lowest BCUT2D eigenvalue weighted by Gasteiger charge is -2.31. The van der Waals surface area contributed by atoms with Gasteiger partial charge in [0, 0.05) is 3.42 Å². The summed E-state index contributed by atoms with van der Waals surface area (Å²) in [4.78, 5) is 0. The highest BCUT2D eigenvalue weighted by atomic mass is 127. The lowest BCUT2D eigenvalue weighted by Crippen LogP contribution is -2.26. The summed E-state index contributed by atoms with van der Waals surface area (Å²) in [6, 6.07) is 0. The quantitative estimate of drug-likeness (QED) is 0.525. The van der Waals surface area contributed by atoms with Crippen molar-refractivity contribution in [1.29, 1.82) is 0 Å².